The first-order valence-electron chi connectivity index (χ1n) is 10.8. The fourth-order valence-corrected chi connectivity index (χ4v) is 4.09. The molecule has 2 amide bonds. The van der Waals surface area contributed by atoms with Crippen molar-refractivity contribution in [2.45, 2.75) is 44.7 Å². The number of piperidine rings is 2. The number of nitrogens with zero attached hydrogens (tertiary/aromatic N) is 4. The summed E-state index contributed by atoms with van der Waals surface area (Å²) >= 11 is 0. The van der Waals surface area contributed by atoms with E-state index < -0.39 is 5.69 Å². The number of amides is 2. The molecular formula is C22H30N6O2. The minimum atomic E-state index is -0.413. The largest absolute Gasteiger partial charge is 0.354 e. The average molecular weight is 411 g/mol. The van der Waals surface area contributed by atoms with Crippen LogP contribution in [0.3, 0.4) is 0 Å². The minimum Gasteiger partial charge on any atom is -0.328 e. The van der Waals surface area contributed by atoms with Gasteiger partial charge in [-0.3, -0.25) is 14.8 Å². The first-order valence-corrected chi connectivity index (χ1v) is 10.8. The van der Waals surface area contributed by atoms with Gasteiger partial charge in [-0.25, -0.2) is 9.59 Å². The summed E-state index contributed by atoms with van der Waals surface area (Å²) in [4.78, 5) is 33.0. The number of aromatic nitrogens is 2. The van der Waals surface area contributed by atoms with E-state index in [1.165, 1.54) is 10.1 Å². The first kappa shape index (κ1) is 20.6. The summed E-state index contributed by atoms with van der Waals surface area (Å²) in [5.74, 6) is 0.284. The first-order chi connectivity index (χ1) is 14.6. The lowest BCUT2D eigenvalue weighted by Gasteiger charge is -2.30. The van der Waals surface area contributed by atoms with E-state index in [9.17, 15) is 9.59 Å². The molecule has 1 aromatic carbocycles. The van der Waals surface area contributed by atoms with Crippen LogP contribution in [0.1, 0.15) is 37.7 Å². The Morgan fingerprint density at radius 3 is 2.40 bits per heavy atom. The van der Waals surface area contributed by atoms with Gasteiger partial charge in [0.1, 0.15) is 5.82 Å². The van der Waals surface area contributed by atoms with Crippen LogP contribution in [-0.2, 0) is 6.54 Å². The topological polar surface area (TPSA) is 96.5 Å². The van der Waals surface area contributed by atoms with E-state index in [1.807, 2.05) is 24.3 Å². The molecule has 2 aliphatic rings. The van der Waals surface area contributed by atoms with Crippen LogP contribution < -0.4 is 16.7 Å². The smallest absolute Gasteiger partial charge is 0.328 e. The Bertz CT molecular complexity index is 912. The average Bonchev–Trinajstić information content (AvgIpc) is 2.77. The van der Waals surface area contributed by atoms with Crippen molar-refractivity contribution in [2.75, 3.05) is 31.5 Å². The Hall–Kier alpha value is -2.71. The maximum Gasteiger partial charge on any atom is 0.354 e. The molecule has 0 unspecified atom stereocenters. The van der Waals surface area contributed by atoms with Gasteiger partial charge in [0.25, 0.3) is 0 Å². The molecular weight excluding hydrogens is 380 g/mol. The van der Waals surface area contributed by atoms with Crippen LogP contribution in [0.25, 0.3) is 5.69 Å². The molecule has 0 aliphatic carbocycles. The van der Waals surface area contributed by atoms with Gasteiger partial charge in [0.2, 0.25) is 0 Å². The number of nitrogens with one attached hydrogen (secondary N) is 1. The minimum absolute atomic E-state index is 0.192. The summed E-state index contributed by atoms with van der Waals surface area (Å²) in [6, 6.07) is 9.75. The third-order valence-electron chi connectivity index (χ3n) is 5.93. The van der Waals surface area contributed by atoms with Gasteiger partial charge in [0.15, 0.2) is 0 Å². The number of benzene rings is 1. The van der Waals surface area contributed by atoms with Crippen molar-refractivity contribution in [1.29, 1.82) is 0 Å². The molecule has 8 heteroatoms. The van der Waals surface area contributed by atoms with Gasteiger partial charge in [-0.15, -0.1) is 0 Å². The predicted molar refractivity (Wildman–Crippen MR) is 117 cm³/mol. The molecule has 2 fully saturated rings. The number of nitrogens with two attached hydrogens (primary N) is 1. The molecule has 0 saturated carbocycles. The van der Waals surface area contributed by atoms with Crippen LogP contribution in [0.2, 0.25) is 0 Å². The molecule has 1 aromatic heterocycles. The monoisotopic (exact) mass is 410 g/mol. The normalized spacial score (nSPS) is 18.4. The van der Waals surface area contributed by atoms with E-state index >= 15 is 0 Å². The summed E-state index contributed by atoms with van der Waals surface area (Å²) in [5.41, 5.74) is 7.52. The standard InChI is InChI=1S/C22H30N6O2/c23-18-8-13-26(14-9-18)16-17-4-6-19(7-5-17)28-15-10-20(25-22(28)30)24-21(29)27-11-2-1-3-12-27/h4-7,10,15,18H,1-3,8-9,11-14,16,23H2,(H,24,25,29,30). The molecule has 0 spiro atoms. The lowest BCUT2D eigenvalue weighted by atomic mass is 10.1. The molecule has 2 aliphatic heterocycles. The van der Waals surface area contributed by atoms with Crippen LogP contribution in [0.5, 0.6) is 0 Å². The number of urea groups is 1. The van der Waals surface area contributed by atoms with Crippen LogP contribution in [-0.4, -0.2) is 57.6 Å². The zero-order valence-electron chi connectivity index (χ0n) is 17.3. The van der Waals surface area contributed by atoms with Crippen LogP contribution in [0, 0.1) is 0 Å². The zero-order chi connectivity index (χ0) is 20.9. The number of rotatable bonds is 4. The van der Waals surface area contributed by atoms with E-state index in [1.54, 1.807) is 17.2 Å². The van der Waals surface area contributed by atoms with Gasteiger partial charge < -0.3 is 10.6 Å². The number of carbonyl (C=O) groups is 1. The Morgan fingerprint density at radius 2 is 1.73 bits per heavy atom. The van der Waals surface area contributed by atoms with Crippen molar-refractivity contribution in [1.82, 2.24) is 19.4 Å². The highest BCUT2D eigenvalue weighted by molar-refractivity contribution is 5.88. The number of hydrogen-bond acceptors (Lipinski definition) is 5. The molecule has 30 heavy (non-hydrogen) atoms. The fraction of sp³-hybridized carbons (Fsp3) is 0.500. The van der Waals surface area contributed by atoms with Gasteiger partial charge >= 0.3 is 11.7 Å². The third kappa shape index (κ3) is 5.06. The Balaban J connectivity index is 1.39. The second-order valence-electron chi connectivity index (χ2n) is 8.22. The highest BCUT2D eigenvalue weighted by Crippen LogP contribution is 2.15. The molecule has 160 valence electrons. The molecule has 0 atom stereocenters. The summed E-state index contributed by atoms with van der Waals surface area (Å²) < 4.78 is 1.49. The van der Waals surface area contributed by atoms with Crippen molar-refractivity contribution in [3.8, 4) is 5.69 Å². The number of carbonyl (C=O) groups excluding carboxylic acids is 1. The van der Waals surface area contributed by atoms with Crippen molar-refractivity contribution < 1.29 is 4.79 Å². The van der Waals surface area contributed by atoms with Gasteiger partial charge in [0, 0.05) is 31.9 Å². The maximum atomic E-state index is 12.5. The van der Waals surface area contributed by atoms with Gasteiger partial charge in [-0.1, -0.05) is 12.1 Å². The van der Waals surface area contributed by atoms with Crippen LogP contribution >= 0.6 is 0 Å². The maximum absolute atomic E-state index is 12.5. The van der Waals surface area contributed by atoms with E-state index in [4.69, 9.17) is 5.73 Å². The van der Waals surface area contributed by atoms with E-state index in [0.717, 1.165) is 70.5 Å². The quantitative estimate of drug-likeness (QED) is 0.805. The predicted octanol–water partition coefficient (Wildman–Crippen LogP) is 2.17. The van der Waals surface area contributed by atoms with Crippen LogP contribution in [0.4, 0.5) is 10.6 Å². The van der Waals surface area contributed by atoms with Gasteiger partial charge in [-0.2, -0.15) is 4.98 Å². The molecule has 0 bridgehead atoms. The number of hydrogen-bond donors (Lipinski definition) is 2. The lowest BCUT2D eigenvalue weighted by Crippen LogP contribution is -2.39. The molecule has 8 nitrogen and oxygen atoms in total. The third-order valence-corrected chi connectivity index (χ3v) is 5.93. The Kier molecular flexibility index (Phi) is 6.44. The van der Waals surface area contributed by atoms with Gasteiger partial charge in [0.05, 0.1) is 5.69 Å². The summed E-state index contributed by atoms with van der Waals surface area (Å²) in [7, 11) is 0. The zero-order valence-corrected chi connectivity index (χ0v) is 17.3. The number of anilines is 1. The highest BCUT2D eigenvalue weighted by Gasteiger charge is 2.18. The second-order valence-corrected chi connectivity index (χ2v) is 8.22. The van der Waals surface area contributed by atoms with E-state index in [-0.39, 0.29) is 11.8 Å². The van der Waals surface area contributed by atoms with E-state index in [0.29, 0.717) is 6.04 Å². The molecule has 2 aromatic rings. The molecule has 3 heterocycles. The summed E-state index contributed by atoms with van der Waals surface area (Å²) in [6.07, 6.45) is 6.93. The van der Waals surface area contributed by atoms with Crippen molar-refractivity contribution >= 4 is 11.8 Å². The SMILES string of the molecule is NC1CCN(Cc2ccc(-n3ccc(NC(=O)N4CCCCC4)nc3=O)cc2)CC1. The Labute approximate surface area is 176 Å². The summed E-state index contributed by atoms with van der Waals surface area (Å²) in [6.45, 7) is 4.44. The fourth-order valence-electron chi connectivity index (χ4n) is 4.09. The molecule has 4 rings (SSSR count). The van der Waals surface area contributed by atoms with Gasteiger partial charge in [-0.05, 0) is 69.0 Å². The van der Waals surface area contributed by atoms with Crippen LogP contribution in [0.15, 0.2) is 41.3 Å². The van der Waals surface area contributed by atoms with Crippen molar-refractivity contribution in [3.63, 3.8) is 0 Å². The molecule has 2 saturated heterocycles. The summed E-state index contributed by atoms with van der Waals surface area (Å²) in [5, 5.41) is 2.74. The lowest BCUT2D eigenvalue weighted by molar-refractivity contribution is 0.200. The van der Waals surface area contributed by atoms with Crippen molar-refractivity contribution in [3.05, 3.63) is 52.6 Å². The van der Waals surface area contributed by atoms with E-state index in [2.05, 4.69) is 15.2 Å². The van der Waals surface area contributed by atoms with Crippen molar-refractivity contribution in [2.24, 2.45) is 5.73 Å². The Morgan fingerprint density at radius 1 is 1.03 bits per heavy atom. The highest BCUT2D eigenvalue weighted by atomic mass is 16.2. The number of likely N-dealkylation sites (tertiary alicyclic amines) is 2. The second kappa shape index (κ2) is 9.40. The molecule has 3 N–H and O–H groups in total. The molecule has 0 radical (unpaired) electrons.